The number of aliphatic hydroxyl groups is 3. The van der Waals surface area contributed by atoms with E-state index in [0.717, 1.165) is 57.8 Å². The molecule has 0 spiro atoms. The van der Waals surface area contributed by atoms with Crippen molar-refractivity contribution in [3.63, 3.8) is 0 Å². The van der Waals surface area contributed by atoms with Gasteiger partial charge in [-0.25, -0.2) is 0 Å². The molecule has 2 unspecified atom stereocenters. The molecule has 1 aliphatic rings. The Morgan fingerprint density at radius 1 is 0.586 bits per heavy atom. The van der Waals surface area contributed by atoms with Gasteiger partial charge < -0.3 is 34.3 Å². The van der Waals surface area contributed by atoms with Crippen LogP contribution in [0, 0.1) is 0 Å². The molecule has 0 saturated carbocycles. The summed E-state index contributed by atoms with van der Waals surface area (Å²) in [7, 11) is -4.61. The number of aliphatic hydroxyl groups excluding tert-OH is 3. The van der Waals surface area contributed by atoms with E-state index in [1.54, 1.807) is 0 Å². The second kappa shape index (κ2) is 35.4. The SMILES string of the molecule is CCCCC/C=C/C/C=C/C/C=C/CCCCC(=O)O[C@H](COC(=O)CCCCCCCCC/C=C/CCCCCC)CO[C@H]1O[C@H](CS(=O)(=O)O)[C@@H](O)C(O)C1O. The first-order chi connectivity index (χ1) is 28.0. The van der Waals surface area contributed by atoms with E-state index in [9.17, 15) is 37.9 Å². The molecule has 12 nitrogen and oxygen atoms in total. The van der Waals surface area contributed by atoms with E-state index < -0.39 is 71.2 Å². The van der Waals surface area contributed by atoms with Gasteiger partial charge in [-0.1, -0.05) is 127 Å². The first-order valence-corrected chi connectivity index (χ1v) is 23.8. The van der Waals surface area contributed by atoms with Crippen LogP contribution in [0.15, 0.2) is 48.6 Å². The molecule has 1 saturated heterocycles. The first-order valence-electron chi connectivity index (χ1n) is 22.2. The van der Waals surface area contributed by atoms with E-state index in [1.165, 1.54) is 70.6 Å². The summed E-state index contributed by atoms with van der Waals surface area (Å²) < 4.78 is 54.0. The molecule has 1 rings (SSSR count). The lowest BCUT2D eigenvalue weighted by Crippen LogP contribution is -2.60. The smallest absolute Gasteiger partial charge is 0.306 e. The van der Waals surface area contributed by atoms with Gasteiger partial charge in [-0.05, 0) is 77.0 Å². The Hall–Kier alpha value is -2.39. The zero-order valence-corrected chi connectivity index (χ0v) is 36.5. The maximum atomic E-state index is 12.8. The van der Waals surface area contributed by atoms with Crippen LogP contribution in [0.2, 0.25) is 0 Å². The largest absolute Gasteiger partial charge is 0.462 e. The maximum absolute atomic E-state index is 12.8. The second-order valence-corrected chi connectivity index (χ2v) is 16.9. The van der Waals surface area contributed by atoms with Crippen LogP contribution in [0.3, 0.4) is 0 Å². The first kappa shape index (κ1) is 53.6. The number of carbonyl (C=O) groups excluding carboxylic acids is 2. The van der Waals surface area contributed by atoms with Crippen LogP contribution in [0.4, 0.5) is 0 Å². The molecule has 1 aliphatic heterocycles. The molecule has 0 radical (unpaired) electrons. The molecule has 4 N–H and O–H groups in total. The Morgan fingerprint density at radius 2 is 1.03 bits per heavy atom. The van der Waals surface area contributed by atoms with Crippen molar-refractivity contribution in [3.05, 3.63) is 48.6 Å². The van der Waals surface area contributed by atoms with Gasteiger partial charge in [-0.2, -0.15) is 8.42 Å². The number of unbranched alkanes of at least 4 members (excludes halogenated alkanes) is 16. The van der Waals surface area contributed by atoms with Crippen molar-refractivity contribution < 1.29 is 56.8 Å². The lowest BCUT2D eigenvalue weighted by Gasteiger charge is -2.40. The molecule has 6 atom stereocenters. The van der Waals surface area contributed by atoms with Gasteiger partial charge in [0, 0.05) is 12.8 Å². The van der Waals surface area contributed by atoms with Gasteiger partial charge >= 0.3 is 11.9 Å². The normalized spacial score (nSPS) is 20.8. The lowest BCUT2D eigenvalue weighted by molar-refractivity contribution is -0.297. The minimum Gasteiger partial charge on any atom is -0.462 e. The molecule has 0 bridgehead atoms. The zero-order valence-electron chi connectivity index (χ0n) is 35.6. The van der Waals surface area contributed by atoms with Gasteiger partial charge in [-0.3, -0.25) is 14.1 Å². The lowest BCUT2D eigenvalue weighted by atomic mass is 10.00. The van der Waals surface area contributed by atoms with Crippen LogP contribution in [0.25, 0.3) is 0 Å². The van der Waals surface area contributed by atoms with Crippen molar-refractivity contribution in [2.45, 2.75) is 205 Å². The number of hydrogen-bond acceptors (Lipinski definition) is 11. The van der Waals surface area contributed by atoms with Gasteiger partial charge in [0.25, 0.3) is 10.1 Å². The van der Waals surface area contributed by atoms with Crippen LogP contribution in [-0.4, -0.2) is 96.0 Å². The molecule has 0 aromatic rings. The molecule has 0 aliphatic carbocycles. The minimum absolute atomic E-state index is 0.114. The highest BCUT2D eigenvalue weighted by Gasteiger charge is 2.46. The van der Waals surface area contributed by atoms with Gasteiger partial charge in [0.2, 0.25) is 0 Å². The Bertz CT molecular complexity index is 1260. The standard InChI is InChI=1S/C45H78O12S/c1-3-5-7-9-11-13-15-17-19-21-23-25-27-29-31-33-40(46)54-35-38(36-55-45-44(50)43(49)42(48)39(57-45)37-58(51,52)53)56-41(47)34-32-30-28-26-24-22-20-18-16-14-12-10-8-6-4-2/h12-15,18,20,24,26,38-39,42-45,48-50H,3-11,16-17,19,21-23,25,27-37H2,1-2H3,(H,51,52,53)/b14-12+,15-13+,20-18+,26-24+/t38-,39-,42-,43?,44?,45+/m1/s1. The van der Waals surface area contributed by atoms with Crippen LogP contribution in [-0.2, 0) is 38.7 Å². The predicted octanol–water partition coefficient (Wildman–Crippen LogP) is 8.78. The van der Waals surface area contributed by atoms with E-state index in [0.29, 0.717) is 12.8 Å². The summed E-state index contributed by atoms with van der Waals surface area (Å²) in [6, 6.07) is 0. The summed E-state index contributed by atoms with van der Waals surface area (Å²) in [5, 5.41) is 30.8. The van der Waals surface area contributed by atoms with Crippen molar-refractivity contribution in [2.75, 3.05) is 19.0 Å². The molecule has 0 amide bonds. The molecule has 0 aromatic heterocycles. The van der Waals surface area contributed by atoms with Gasteiger partial charge in [0.15, 0.2) is 12.4 Å². The summed E-state index contributed by atoms with van der Waals surface area (Å²) in [5.41, 5.74) is 0. The molecule has 336 valence electrons. The number of carbonyl (C=O) groups is 2. The van der Waals surface area contributed by atoms with Crippen molar-refractivity contribution in [2.24, 2.45) is 0 Å². The van der Waals surface area contributed by atoms with Crippen LogP contribution >= 0.6 is 0 Å². The van der Waals surface area contributed by atoms with Crippen molar-refractivity contribution >= 4 is 22.1 Å². The van der Waals surface area contributed by atoms with Crippen molar-refractivity contribution in [1.82, 2.24) is 0 Å². The Labute approximate surface area is 350 Å². The number of allylic oxidation sites excluding steroid dienone is 8. The molecule has 1 fully saturated rings. The average Bonchev–Trinajstić information content (AvgIpc) is 3.18. The van der Waals surface area contributed by atoms with Crippen LogP contribution in [0.1, 0.15) is 168 Å². The summed E-state index contributed by atoms with van der Waals surface area (Å²) in [5.74, 6) is -2.04. The van der Waals surface area contributed by atoms with Crippen molar-refractivity contribution in [3.8, 4) is 0 Å². The summed E-state index contributed by atoms with van der Waals surface area (Å²) in [6.07, 6.45) is 31.6. The molecular weight excluding hydrogens is 765 g/mol. The van der Waals surface area contributed by atoms with Crippen LogP contribution in [0.5, 0.6) is 0 Å². The van der Waals surface area contributed by atoms with E-state index in [-0.39, 0.29) is 19.4 Å². The number of ether oxygens (including phenoxy) is 4. The third kappa shape index (κ3) is 29.8. The molecular formula is C45H78O12S. The highest BCUT2D eigenvalue weighted by Crippen LogP contribution is 2.24. The van der Waals surface area contributed by atoms with E-state index in [2.05, 4.69) is 62.5 Å². The summed E-state index contributed by atoms with van der Waals surface area (Å²) in [6.45, 7) is 3.67. The highest BCUT2D eigenvalue weighted by atomic mass is 32.2. The van der Waals surface area contributed by atoms with Crippen LogP contribution < -0.4 is 0 Å². The van der Waals surface area contributed by atoms with E-state index in [4.69, 9.17) is 18.9 Å². The summed E-state index contributed by atoms with van der Waals surface area (Å²) >= 11 is 0. The average molecular weight is 843 g/mol. The van der Waals surface area contributed by atoms with Crippen molar-refractivity contribution in [1.29, 1.82) is 0 Å². The maximum Gasteiger partial charge on any atom is 0.306 e. The fourth-order valence-corrected chi connectivity index (χ4v) is 7.07. The Morgan fingerprint density at radius 3 is 1.62 bits per heavy atom. The molecule has 13 heteroatoms. The van der Waals surface area contributed by atoms with E-state index in [1.807, 2.05) is 0 Å². The number of hydrogen-bond donors (Lipinski definition) is 4. The Kier molecular flexibility index (Phi) is 32.7. The number of esters is 2. The predicted molar refractivity (Wildman–Crippen MR) is 229 cm³/mol. The fourth-order valence-electron chi connectivity index (χ4n) is 6.38. The van der Waals surface area contributed by atoms with Gasteiger partial charge in [0.05, 0.1) is 6.61 Å². The quantitative estimate of drug-likeness (QED) is 0.0204. The Balaban J connectivity index is 2.50. The monoisotopic (exact) mass is 843 g/mol. The molecule has 1 heterocycles. The third-order valence-corrected chi connectivity index (χ3v) is 10.6. The van der Waals surface area contributed by atoms with Gasteiger partial charge in [-0.15, -0.1) is 0 Å². The van der Waals surface area contributed by atoms with Gasteiger partial charge in [0.1, 0.15) is 36.8 Å². The highest BCUT2D eigenvalue weighted by molar-refractivity contribution is 7.85. The summed E-state index contributed by atoms with van der Waals surface area (Å²) in [4.78, 5) is 25.4. The minimum atomic E-state index is -4.61. The fraction of sp³-hybridized carbons (Fsp3) is 0.778. The zero-order chi connectivity index (χ0) is 42.7. The van der Waals surface area contributed by atoms with E-state index >= 15 is 0 Å². The third-order valence-electron chi connectivity index (χ3n) is 9.88. The number of rotatable bonds is 36. The second-order valence-electron chi connectivity index (χ2n) is 15.4. The molecule has 0 aromatic carbocycles. The topological polar surface area (TPSA) is 186 Å². The molecule has 58 heavy (non-hydrogen) atoms.